The molecule has 0 fully saturated rings. The first kappa shape index (κ1) is 31.3. The molecule has 2 nitrogen and oxygen atoms in total. The van der Waals surface area contributed by atoms with Crippen molar-refractivity contribution in [1.29, 1.82) is 0 Å². The lowest BCUT2D eigenvalue weighted by Gasteiger charge is -2.49. The molecule has 3 aliphatic heterocycles. The average Bonchev–Trinajstić information content (AvgIpc) is 3.43. The maximum atomic E-state index is 5.71. The van der Waals surface area contributed by atoms with Gasteiger partial charge in [-0.15, -0.1) is 0 Å². The number of hydrogen-bond acceptors (Lipinski definition) is 2. The summed E-state index contributed by atoms with van der Waals surface area (Å²) >= 11 is 0. The normalized spacial score (nSPS) is 20.1. The first-order valence-corrected chi connectivity index (χ1v) is 19.2. The second-order valence-corrected chi connectivity index (χ2v) is 15.5. The van der Waals surface area contributed by atoms with E-state index in [1.54, 1.807) is 0 Å². The van der Waals surface area contributed by atoms with Gasteiger partial charge in [0.1, 0.15) is 0 Å². The number of nitrogens with zero attached hydrogens (tertiary/aromatic N) is 2. The third kappa shape index (κ3) is 4.27. The highest BCUT2D eigenvalue weighted by atomic mass is 15.3. The van der Waals surface area contributed by atoms with Crippen LogP contribution in [0.4, 0.5) is 0 Å². The SMILES string of the molecule is CCCC(CC)C1(C)c2cc3ccc4cccc5ccc(c2C2=CC(c6ccc7ccccc7c6)=C6N=C(c7c(C)cccc7C)C=CC6N21)c3c45. The highest BCUT2D eigenvalue weighted by molar-refractivity contribution is 6.25. The Balaban J connectivity index is 1.32. The lowest BCUT2D eigenvalue weighted by molar-refractivity contribution is 0.0900. The summed E-state index contributed by atoms with van der Waals surface area (Å²) in [6.07, 6.45) is 10.7. The summed E-state index contributed by atoms with van der Waals surface area (Å²) in [4.78, 5) is 8.51. The average molecular weight is 673 g/mol. The smallest absolute Gasteiger partial charge is 0.0917 e. The van der Waals surface area contributed by atoms with Gasteiger partial charge in [-0.1, -0.05) is 130 Å². The topological polar surface area (TPSA) is 15.6 Å². The Morgan fingerprint density at radius 2 is 1.40 bits per heavy atom. The van der Waals surface area contributed by atoms with Crippen molar-refractivity contribution in [3.63, 3.8) is 0 Å². The van der Waals surface area contributed by atoms with Crippen molar-refractivity contribution >= 4 is 60.1 Å². The molecule has 7 aromatic rings. The van der Waals surface area contributed by atoms with Crippen LogP contribution in [-0.2, 0) is 5.54 Å². The Morgan fingerprint density at radius 3 is 2.17 bits per heavy atom. The van der Waals surface area contributed by atoms with Gasteiger partial charge in [-0.2, -0.15) is 0 Å². The first-order valence-electron chi connectivity index (χ1n) is 19.2. The Morgan fingerprint density at radius 1 is 0.712 bits per heavy atom. The summed E-state index contributed by atoms with van der Waals surface area (Å²) in [6.45, 7) is 11.7. The summed E-state index contributed by atoms with van der Waals surface area (Å²) in [7, 11) is 0. The van der Waals surface area contributed by atoms with Gasteiger partial charge in [0.2, 0.25) is 0 Å². The highest BCUT2D eigenvalue weighted by Gasteiger charge is 2.53. The van der Waals surface area contributed by atoms with Gasteiger partial charge in [0, 0.05) is 22.4 Å². The molecule has 3 atom stereocenters. The summed E-state index contributed by atoms with van der Waals surface area (Å²) in [5, 5.41) is 10.6. The van der Waals surface area contributed by atoms with Crippen LogP contribution >= 0.6 is 0 Å². The first-order chi connectivity index (χ1) is 25.4. The molecule has 0 N–H and O–H groups in total. The summed E-state index contributed by atoms with van der Waals surface area (Å²) in [6, 6.07) is 41.0. The summed E-state index contributed by atoms with van der Waals surface area (Å²) < 4.78 is 0. The zero-order valence-corrected chi connectivity index (χ0v) is 30.8. The molecule has 254 valence electrons. The van der Waals surface area contributed by atoms with Gasteiger partial charge in [0.25, 0.3) is 0 Å². The largest absolute Gasteiger partial charge is 0.349 e. The molecule has 0 saturated heterocycles. The minimum absolute atomic E-state index is 0.00645. The predicted octanol–water partition coefficient (Wildman–Crippen LogP) is 12.9. The molecule has 3 aliphatic rings. The van der Waals surface area contributed by atoms with E-state index in [4.69, 9.17) is 4.99 Å². The van der Waals surface area contributed by atoms with E-state index in [0.717, 1.165) is 24.3 Å². The molecule has 3 unspecified atom stereocenters. The van der Waals surface area contributed by atoms with Gasteiger partial charge in [-0.05, 0) is 123 Å². The predicted molar refractivity (Wildman–Crippen MR) is 222 cm³/mol. The van der Waals surface area contributed by atoms with Crippen LogP contribution in [0.25, 0.3) is 54.4 Å². The van der Waals surface area contributed by atoms with Gasteiger partial charge in [-0.3, -0.25) is 0 Å². The fourth-order valence-corrected chi connectivity index (χ4v) is 10.3. The quantitative estimate of drug-likeness (QED) is 0.161. The zero-order valence-electron chi connectivity index (χ0n) is 30.8. The molecule has 10 rings (SSSR count). The second-order valence-electron chi connectivity index (χ2n) is 15.5. The lowest BCUT2D eigenvalue weighted by atomic mass is 9.74. The Hall–Kier alpha value is -5.47. The van der Waals surface area contributed by atoms with Gasteiger partial charge in [0.15, 0.2) is 0 Å². The molecule has 0 aliphatic carbocycles. The highest BCUT2D eigenvalue weighted by Crippen LogP contribution is 2.59. The molecule has 0 spiro atoms. The number of rotatable bonds is 6. The number of aryl methyl sites for hydroxylation is 2. The van der Waals surface area contributed by atoms with Crippen LogP contribution in [-0.4, -0.2) is 16.7 Å². The van der Waals surface area contributed by atoms with E-state index in [2.05, 4.69) is 167 Å². The van der Waals surface area contributed by atoms with Crippen molar-refractivity contribution in [2.24, 2.45) is 10.9 Å². The van der Waals surface area contributed by atoms with Crippen molar-refractivity contribution in [2.45, 2.75) is 65.5 Å². The zero-order chi connectivity index (χ0) is 35.3. The third-order valence-corrected chi connectivity index (χ3v) is 12.7. The molecular formula is C50H44N2. The van der Waals surface area contributed by atoms with Gasteiger partial charge < -0.3 is 4.90 Å². The molecule has 52 heavy (non-hydrogen) atoms. The van der Waals surface area contributed by atoms with E-state index in [-0.39, 0.29) is 11.6 Å². The van der Waals surface area contributed by atoms with E-state index < -0.39 is 0 Å². The third-order valence-electron chi connectivity index (χ3n) is 12.7. The molecule has 0 aromatic heterocycles. The molecule has 0 saturated carbocycles. The fourth-order valence-electron chi connectivity index (χ4n) is 10.3. The number of hydrogen-bond donors (Lipinski definition) is 0. The van der Waals surface area contributed by atoms with Crippen LogP contribution in [0.1, 0.15) is 73.4 Å². The maximum absolute atomic E-state index is 5.71. The number of fused-ring (bicyclic) bond motifs is 7. The molecule has 0 bridgehead atoms. The van der Waals surface area contributed by atoms with E-state index in [1.165, 1.54) is 94.2 Å². The van der Waals surface area contributed by atoms with Crippen LogP contribution in [0, 0.1) is 19.8 Å². The minimum Gasteiger partial charge on any atom is -0.349 e. The van der Waals surface area contributed by atoms with Crippen molar-refractivity contribution in [1.82, 2.24) is 4.90 Å². The number of allylic oxidation sites excluding steroid dienone is 3. The summed E-state index contributed by atoms with van der Waals surface area (Å²) in [5.41, 5.74) is 12.4. The van der Waals surface area contributed by atoms with Crippen LogP contribution in [0.2, 0.25) is 0 Å². The van der Waals surface area contributed by atoms with Crippen LogP contribution in [0.5, 0.6) is 0 Å². The van der Waals surface area contributed by atoms with E-state index >= 15 is 0 Å². The van der Waals surface area contributed by atoms with Gasteiger partial charge >= 0.3 is 0 Å². The minimum atomic E-state index is -0.225. The monoisotopic (exact) mass is 672 g/mol. The molecule has 2 heteroatoms. The van der Waals surface area contributed by atoms with Crippen molar-refractivity contribution < 1.29 is 0 Å². The standard InChI is InChI=1S/C50H44N2/c1-6-12-38(7-2)50(5)41-28-37-22-20-33-17-11-18-34-23-24-39(47(37)46(33)34)48(41)44-29-40(36-21-19-32-15-8-9-16-35(32)27-36)49-43(52(44)50)26-25-42(51-49)45-30(3)13-10-14-31(45)4/h8-11,13-29,38,43H,6-7,12H2,1-5H3. The van der Waals surface area contributed by atoms with Crippen LogP contribution in [0.15, 0.2) is 138 Å². The van der Waals surface area contributed by atoms with Crippen LogP contribution < -0.4 is 0 Å². The number of benzene rings is 7. The lowest BCUT2D eigenvalue weighted by Crippen LogP contribution is -2.50. The van der Waals surface area contributed by atoms with Crippen LogP contribution in [0.3, 0.4) is 0 Å². The van der Waals surface area contributed by atoms with E-state index in [1.807, 2.05) is 0 Å². The molecule has 7 aromatic carbocycles. The second kappa shape index (κ2) is 11.5. The fraction of sp³-hybridized carbons (Fsp3) is 0.220. The van der Waals surface area contributed by atoms with Crippen molar-refractivity contribution in [3.8, 4) is 0 Å². The van der Waals surface area contributed by atoms with Crippen molar-refractivity contribution in [3.05, 3.63) is 167 Å². The maximum Gasteiger partial charge on any atom is 0.0917 e. The molecule has 0 radical (unpaired) electrons. The number of dihydropyridines is 1. The number of aliphatic imine (C=N–C) groups is 1. The summed E-state index contributed by atoms with van der Waals surface area (Å²) in [5.74, 6) is 0.469. The Kier molecular flexibility index (Phi) is 6.93. The Labute approximate surface area is 306 Å². The Bertz CT molecular complexity index is 2700. The van der Waals surface area contributed by atoms with E-state index in [0.29, 0.717) is 5.92 Å². The molecule has 0 amide bonds. The molecule has 3 heterocycles. The van der Waals surface area contributed by atoms with Gasteiger partial charge in [-0.25, -0.2) is 4.99 Å². The molecular weight excluding hydrogens is 629 g/mol. The van der Waals surface area contributed by atoms with E-state index in [9.17, 15) is 0 Å². The van der Waals surface area contributed by atoms with Gasteiger partial charge in [0.05, 0.1) is 23.0 Å². The van der Waals surface area contributed by atoms with Crippen molar-refractivity contribution in [2.75, 3.05) is 0 Å².